The second kappa shape index (κ2) is 6.01. The Balaban J connectivity index is 1.43. The van der Waals surface area contributed by atoms with Gasteiger partial charge in [-0.1, -0.05) is 0 Å². The molecule has 0 bridgehead atoms. The molecule has 2 atom stereocenters. The van der Waals surface area contributed by atoms with Crippen molar-refractivity contribution in [2.45, 2.75) is 63.1 Å². The second-order valence-corrected chi connectivity index (χ2v) is 7.10. The summed E-state index contributed by atoms with van der Waals surface area (Å²) in [4.78, 5) is 5.24. The molecule has 1 saturated carbocycles. The zero-order chi connectivity index (χ0) is 14.0. The van der Waals surface area contributed by atoms with Gasteiger partial charge in [0.2, 0.25) is 0 Å². The fourth-order valence-corrected chi connectivity index (χ4v) is 3.64. The predicted octanol–water partition coefficient (Wildman–Crippen LogP) is 1.58. The predicted molar refractivity (Wildman–Crippen MR) is 80.4 cm³/mol. The highest BCUT2D eigenvalue weighted by Crippen LogP contribution is 2.25. The average molecular weight is 276 g/mol. The lowest BCUT2D eigenvalue weighted by Crippen LogP contribution is -2.45. The van der Waals surface area contributed by atoms with E-state index in [4.69, 9.17) is 0 Å². The summed E-state index contributed by atoms with van der Waals surface area (Å²) in [5.74, 6) is 0. The third-order valence-electron chi connectivity index (χ3n) is 5.18. The van der Waals surface area contributed by atoms with E-state index in [1.807, 2.05) is 0 Å². The third kappa shape index (κ3) is 3.52. The van der Waals surface area contributed by atoms with Crippen molar-refractivity contribution < 1.29 is 0 Å². The lowest BCUT2D eigenvalue weighted by molar-refractivity contribution is 0.224. The van der Waals surface area contributed by atoms with Crippen molar-refractivity contribution in [2.24, 2.45) is 0 Å². The molecule has 2 saturated heterocycles. The van der Waals surface area contributed by atoms with Crippen LogP contribution in [0, 0.1) is 11.3 Å². The maximum absolute atomic E-state index is 9.42. The van der Waals surface area contributed by atoms with Gasteiger partial charge >= 0.3 is 0 Å². The summed E-state index contributed by atoms with van der Waals surface area (Å²) in [6.45, 7) is 8.17. The van der Waals surface area contributed by atoms with Crippen LogP contribution < -0.4 is 5.32 Å². The van der Waals surface area contributed by atoms with E-state index in [-0.39, 0.29) is 5.54 Å². The van der Waals surface area contributed by atoms with E-state index in [2.05, 4.69) is 28.1 Å². The van der Waals surface area contributed by atoms with Crippen molar-refractivity contribution in [3.05, 3.63) is 0 Å². The lowest BCUT2D eigenvalue weighted by atomic mass is 9.99. The van der Waals surface area contributed by atoms with Crippen LogP contribution in [0.5, 0.6) is 0 Å². The molecule has 0 aromatic rings. The molecular weight excluding hydrogens is 248 g/mol. The highest BCUT2D eigenvalue weighted by Gasteiger charge is 2.34. The molecule has 1 N–H and O–H groups in total. The first kappa shape index (κ1) is 14.3. The maximum atomic E-state index is 9.42. The zero-order valence-electron chi connectivity index (χ0n) is 12.8. The van der Waals surface area contributed by atoms with Crippen molar-refractivity contribution in [2.75, 3.05) is 32.7 Å². The van der Waals surface area contributed by atoms with Crippen molar-refractivity contribution in [3.8, 4) is 6.07 Å². The quantitative estimate of drug-likeness (QED) is 0.800. The van der Waals surface area contributed by atoms with E-state index in [0.717, 1.165) is 19.0 Å². The Kier molecular flexibility index (Phi) is 4.30. The van der Waals surface area contributed by atoms with E-state index in [9.17, 15) is 5.26 Å². The summed E-state index contributed by atoms with van der Waals surface area (Å²) >= 11 is 0. The Hall–Kier alpha value is -0.630. The van der Waals surface area contributed by atoms with Crippen LogP contribution in [0.3, 0.4) is 0 Å². The Morgan fingerprint density at radius 2 is 1.95 bits per heavy atom. The summed E-state index contributed by atoms with van der Waals surface area (Å²) in [5.41, 5.74) is -0.326. The van der Waals surface area contributed by atoms with Gasteiger partial charge in [-0.3, -0.25) is 10.2 Å². The zero-order valence-corrected chi connectivity index (χ0v) is 12.8. The van der Waals surface area contributed by atoms with Crippen LogP contribution in [-0.2, 0) is 0 Å². The van der Waals surface area contributed by atoms with Crippen LogP contribution in [0.15, 0.2) is 0 Å². The van der Waals surface area contributed by atoms with E-state index in [1.165, 1.54) is 58.3 Å². The Morgan fingerprint density at radius 1 is 1.20 bits per heavy atom. The van der Waals surface area contributed by atoms with E-state index in [1.54, 1.807) is 0 Å². The van der Waals surface area contributed by atoms with Gasteiger partial charge in [0.1, 0.15) is 5.54 Å². The van der Waals surface area contributed by atoms with Gasteiger partial charge in [-0.15, -0.1) is 0 Å². The summed E-state index contributed by atoms with van der Waals surface area (Å²) in [5, 5.41) is 12.9. The van der Waals surface area contributed by atoms with Gasteiger partial charge in [0.05, 0.1) is 6.07 Å². The molecule has 2 unspecified atom stereocenters. The topological polar surface area (TPSA) is 42.3 Å². The molecule has 0 amide bonds. The fraction of sp³-hybridized carbons (Fsp3) is 0.938. The summed E-state index contributed by atoms with van der Waals surface area (Å²) in [6, 6.07) is 3.88. The van der Waals surface area contributed by atoms with Gasteiger partial charge in [0.25, 0.3) is 0 Å². The maximum Gasteiger partial charge on any atom is 0.105 e. The van der Waals surface area contributed by atoms with Crippen LogP contribution in [0.1, 0.15) is 45.4 Å². The first-order valence-corrected chi connectivity index (χ1v) is 8.34. The molecule has 2 aliphatic heterocycles. The molecule has 0 radical (unpaired) electrons. The highest BCUT2D eigenvalue weighted by atomic mass is 15.3. The van der Waals surface area contributed by atoms with Crippen LogP contribution in [0.25, 0.3) is 0 Å². The normalized spacial score (nSPS) is 31.3. The molecule has 2 heterocycles. The minimum Gasteiger partial charge on any atom is -0.302 e. The number of likely N-dealkylation sites (tertiary alicyclic amines) is 2. The Bertz CT molecular complexity index is 367. The monoisotopic (exact) mass is 276 g/mol. The lowest BCUT2D eigenvalue weighted by Gasteiger charge is -2.27. The van der Waals surface area contributed by atoms with Crippen LogP contribution in [0.2, 0.25) is 0 Å². The number of hydrogen-bond acceptors (Lipinski definition) is 4. The second-order valence-electron chi connectivity index (χ2n) is 7.10. The first-order valence-electron chi connectivity index (χ1n) is 8.34. The summed E-state index contributed by atoms with van der Waals surface area (Å²) < 4.78 is 0. The van der Waals surface area contributed by atoms with Crippen molar-refractivity contribution >= 4 is 0 Å². The smallest absolute Gasteiger partial charge is 0.105 e. The number of hydrogen-bond donors (Lipinski definition) is 1. The largest absolute Gasteiger partial charge is 0.302 e. The average Bonchev–Trinajstić information content (AvgIpc) is 2.97. The Morgan fingerprint density at radius 3 is 2.60 bits per heavy atom. The molecule has 3 aliphatic rings. The molecule has 20 heavy (non-hydrogen) atoms. The van der Waals surface area contributed by atoms with Crippen molar-refractivity contribution in [1.82, 2.24) is 15.1 Å². The molecule has 0 spiro atoms. The standard InChI is InChI=1S/C16H28N4/c1-16(13-17,18-14-4-5-14)7-11-19-10-6-15(12-19)20-8-2-3-9-20/h14-15,18H,2-12H2,1H3. The summed E-state index contributed by atoms with van der Waals surface area (Å²) in [7, 11) is 0. The van der Waals surface area contributed by atoms with Gasteiger partial charge in [0.15, 0.2) is 0 Å². The SMILES string of the molecule is CC(C#N)(CCN1CCC(N2CCCC2)C1)NC1CC1. The molecular formula is C16H28N4. The van der Waals surface area contributed by atoms with E-state index in [0.29, 0.717) is 6.04 Å². The van der Waals surface area contributed by atoms with Crippen LogP contribution in [-0.4, -0.2) is 60.1 Å². The van der Waals surface area contributed by atoms with E-state index < -0.39 is 0 Å². The number of nitrogens with one attached hydrogen (secondary N) is 1. The van der Waals surface area contributed by atoms with Crippen molar-refractivity contribution in [1.29, 1.82) is 5.26 Å². The molecule has 0 aromatic heterocycles. The van der Waals surface area contributed by atoms with Crippen LogP contribution >= 0.6 is 0 Å². The van der Waals surface area contributed by atoms with E-state index >= 15 is 0 Å². The van der Waals surface area contributed by atoms with Gasteiger partial charge in [-0.05, 0) is 65.1 Å². The molecule has 3 rings (SSSR count). The van der Waals surface area contributed by atoms with Crippen LogP contribution in [0.4, 0.5) is 0 Å². The highest BCUT2D eigenvalue weighted by molar-refractivity contribution is 5.07. The van der Waals surface area contributed by atoms with Gasteiger partial charge in [-0.25, -0.2) is 0 Å². The fourth-order valence-electron chi connectivity index (χ4n) is 3.64. The minimum absolute atomic E-state index is 0.326. The van der Waals surface area contributed by atoms with Gasteiger partial charge in [0, 0.05) is 25.2 Å². The minimum atomic E-state index is -0.326. The molecule has 1 aliphatic carbocycles. The first-order chi connectivity index (χ1) is 9.68. The Labute approximate surface area is 123 Å². The van der Waals surface area contributed by atoms with Gasteiger partial charge < -0.3 is 4.90 Å². The third-order valence-corrected chi connectivity index (χ3v) is 5.18. The number of nitriles is 1. The summed E-state index contributed by atoms with van der Waals surface area (Å²) in [6.07, 6.45) is 7.53. The molecule has 3 fully saturated rings. The molecule has 4 nitrogen and oxygen atoms in total. The van der Waals surface area contributed by atoms with Crippen molar-refractivity contribution in [3.63, 3.8) is 0 Å². The molecule has 4 heteroatoms. The number of rotatable bonds is 6. The van der Waals surface area contributed by atoms with Gasteiger partial charge in [-0.2, -0.15) is 5.26 Å². The molecule has 0 aromatic carbocycles. The number of nitrogens with zero attached hydrogens (tertiary/aromatic N) is 3. The molecule has 112 valence electrons.